The predicted molar refractivity (Wildman–Crippen MR) is 86.0 cm³/mol. The van der Waals surface area contributed by atoms with Crippen molar-refractivity contribution in [2.75, 3.05) is 6.61 Å². The molecule has 0 bridgehead atoms. The average Bonchev–Trinajstić information content (AvgIpc) is 2.91. The van der Waals surface area contributed by atoms with E-state index in [9.17, 15) is 0 Å². The molecule has 3 nitrogen and oxygen atoms in total. The topological polar surface area (TPSA) is 26.5 Å². The Morgan fingerprint density at radius 2 is 1.90 bits per heavy atom. The van der Waals surface area contributed by atoms with E-state index in [0.29, 0.717) is 5.02 Å². The van der Waals surface area contributed by atoms with E-state index in [1.807, 2.05) is 53.2 Å². The first-order valence-electron chi connectivity index (χ1n) is 7.14. The third-order valence-electron chi connectivity index (χ3n) is 3.33. The molecule has 0 fully saturated rings. The Morgan fingerprint density at radius 3 is 2.67 bits per heavy atom. The molecule has 0 aliphatic rings. The number of unbranched alkanes of at least 4 members (excludes halogenated alkanes) is 1. The standard InChI is InChI=1S/C17H17ClN2O/c1-2-3-10-21-15-7-4-13(5-8-15)16-12-20-11-14(18)6-9-17(20)19-16/h4-9,11-12H,2-3,10H2,1H3. The fraction of sp³-hybridized carbons (Fsp3) is 0.235. The van der Waals surface area contributed by atoms with Gasteiger partial charge in [-0.15, -0.1) is 0 Å². The Bertz CT molecular complexity index is 734. The van der Waals surface area contributed by atoms with Crippen molar-refractivity contribution in [2.24, 2.45) is 0 Å². The van der Waals surface area contributed by atoms with Gasteiger partial charge in [-0.05, 0) is 42.8 Å². The average molecular weight is 301 g/mol. The minimum absolute atomic E-state index is 0.700. The first-order valence-corrected chi connectivity index (χ1v) is 7.51. The lowest BCUT2D eigenvalue weighted by Gasteiger charge is -2.05. The lowest BCUT2D eigenvalue weighted by Crippen LogP contribution is -1.95. The van der Waals surface area contributed by atoms with Crippen LogP contribution in [-0.2, 0) is 0 Å². The molecule has 0 N–H and O–H groups in total. The monoisotopic (exact) mass is 300 g/mol. The molecule has 0 radical (unpaired) electrons. The van der Waals surface area contributed by atoms with Crippen molar-refractivity contribution >= 4 is 17.2 Å². The zero-order valence-corrected chi connectivity index (χ0v) is 12.7. The van der Waals surface area contributed by atoms with Gasteiger partial charge in [-0.1, -0.05) is 24.9 Å². The van der Waals surface area contributed by atoms with Gasteiger partial charge in [-0.2, -0.15) is 0 Å². The molecule has 2 aromatic heterocycles. The van der Waals surface area contributed by atoms with Gasteiger partial charge in [0.25, 0.3) is 0 Å². The van der Waals surface area contributed by atoms with Gasteiger partial charge in [0.1, 0.15) is 11.4 Å². The largest absolute Gasteiger partial charge is 0.494 e. The fourth-order valence-electron chi connectivity index (χ4n) is 2.16. The van der Waals surface area contributed by atoms with Crippen LogP contribution in [0.3, 0.4) is 0 Å². The number of pyridine rings is 1. The number of imidazole rings is 1. The van der Waals surface area contributed by atoms with Crippen molar-refractivity contribution in [3.63, 3.8) is 0 Å². The number of hydrogen-bond donors (Lipinski definition) is 0. The lowest BCUT2D eigenvalue weighted by atomic mass is 10.2. The summed E-state index contributed by atoms with van der Waals surface area (Å²) in [6.07, 6.45) is 6.06. The second kappa shape index (κ2) is 6.19. The molecular weight excluding hydrogens is 284 g/mol. The molecule has 0 unspecified atom stereocenters. The maximum Gasteiger partial charge on any atom is 0.137 e. The van der Waals surface area contributed by atoms with Gasteiger partial charge in [0.15, 0.2) is 0 Å². The highest BCUT2D eigenvalue weighted by Gasteiger charge is 2.05. The molecular formula is C17H17ClN2O. The predicted octanol–water partition coefficient (Wildman–Crippen LogP) is 4.83. The minimum atomic E-state index is 0.700. The van der Waals surface area contributed by atoms with Gasteiger partial charge < -0.3 is 9.14 Å². The summed E-state index contributed by atoms with van der Waals surface area (Å²) in [5.41, 5.74) is 2.88. The summed E-state index contributed by atoms with van der Waals surface area (Å²) in [5, 5.41) is 0.700. The zero-order valence-electron chi connectivity index (χ0n) is 11.9. The summed E-state index contributed by atoms with van der Waals surface area (Å²) in [4.78, 5) is 4.59. The molecule has 0 spiro atoms. The van der Waals surface area contributed by atoms with E-state index < -0.39 is 0 Å². The highest BCUT2D eigenvalue weighted by Crippen LogP contribution is 2.23. The Morgan fingerprint density at radius 1 is 1.10 bits per heavy atom. The van der Waals surface area contributed by atoms with Crippen LogP contribution in [0.2, 0.25) is 5.02 Å². The summed E-state index contributed by atoms with van der Waals surface area (Å²) >= 11 is 5.99. The molecule has 0 atom stereocenters. The Labute approximate surface area is 129 Å². The summed E-state index contributed by atoms with van der Waals surface area (Å²) in [6, 6.07) is 11.8. The number of nitrogens with zero attached hydrogens (tertiary/aromatic N) is 2. The number of benzene rings is 1. The summed E-state index contributed by atoms with van der Waals surface area (Å²) in [6.45, 7) is 2.92. The van der Waals surface area contributed by atoms with Gasteiger partial charge in [-0.3, -0.25) is 0 Å². The molecule has 0 saturated heterocycles. The molecule has 21 heavy (non-hydrogen) atoms. The smallest absolute Gasteiger partial charge is 0.137 e. The lowest BCUT2D eigenvalue weighted by molar-refractivity contribution is 0.309. The van der Waals surface area contributed by atoms with Crippen LogP contribution < -0.4 is 4.74 Å². The van der Waals surface area contributed by atoms with Crippen molar-refractivity contribution < 1.29 is 4.74 Å². The van der Waals surface area contributed by atoms with Gasteiger partial charge >= 0.3 is 0 Å². The molecule has 2 heterocycles. The maximum absolute atomic E-state index is 5.99. The second-order valence-electron chi connectivity index (χ2n) is 4.97. The maximum atomic E-state index is 5.99. The van der Waals surface area contributed by atoms with E-state index in [2.05, 4.69) is 11.9 Å². The Hall–Kier alpha value is -2.00. The highest BCUT2D eigenvalue weighted by atomic mass is 35.5. The van der Waals surface area contributed by atoms with Crippen LogP contribution in [0.5, 0.6) is 5.75 Å². The van der Waals surface area contributed by atoms with Crippen molar-refractivity contribution in [3.8, 4) is 17.0 Å². The minimum Gasteiger partial charge on any atom is -0.494 e. The Kier molecular flexibility index (Phi) is 4.11. The van der Waals surface area contributed by atoms with Gasteiger partial charge in [0.05, 0.1) is 17.3 Å². The van der Waals surface area contributed by atoms with Crippen molar-refractivity contribution in [2.45, 2.75) is 19.8 Å². The van der Waals surface area contributed by atoms with Crippen molar-refractivity contribution in [1.29, 1.82) is 0 Å². The molecule has 1 aromatic carbocycles. The van der Waals surface area contributed by atoms with E-state index in [-0.39, 0.29) is 0 Å². The number of fused-ring (bicyclic) bond motifs is 1. The first kappa shape index (κ1) is 14.0. The van der Waals surface area contributed by atoms with Crippen molar-refractivity contribution in [1.82, 2.24) is 9.38 Å². The highest BCUT2D eigenvalue weighted by molar-refractivity contribution is 6.30. The second-order valence-corrected chi connectivity index (χ2v) is 5.40. The third-order valence-corrected chi connectivity index (χ3v) is 3.56. The molecule has 0 saturated carbocycles. The molecule has 3 aromatic rings. The first-order chi connectivity index (χ1) is 10.3. The van der Waals surface area contributed by atoms with Crippen LogP contribution in [0, 0.1) is 0 Å². The summed E-state index contributed by atoms with van der Waals surface area (Å²) in [7, 11) is 0. The van der Waals surface area contributed by atoms with Crippen LogP contribution in [0.25, 0.3) is 16.9 Å². The molecule has 4 heteroatoms. The van der Waals surface area contributed by atoms with E-state index in [0.717, 1.165) is 42.1 Å². The summed E-state index contributed by atoms with van der Waals surface area (Å²) in [5.74, 6) is 0.902. The number of hydrogen-bond acceptors (Lipinski definition) is 2. The molecule has 108 valence electrons. The van der Waals surface area contributed by atoms with Crippen LogP contribution in [0.15, 0.2) is 48.8 Å². The zero-order chi connectivity index (χ0) is 14.7. The van der Waals surface area contributed by atoms with E-state index >= 15 is 0 Å². The molecule has 0 aliphatic heterocycles. The van der Waals surface area contributed by atoms with Crippen LogP contribution in [0.1, 0.15) is 19.8 Å². The fourth-order valence-corrected chi connectivity index (χ4v) is 2.33. The summed E-state index contributed by atoms with van der Waals surface area (Å²) < 4.78 is 7.60. The normalized spacial score (nSPS) is 11.0. The number of aromatic nitrogens is 2. The number of halogens is 1. The third kappa shape index (κ3) is 3.19. The molecule has 3 rings (SSSR count). The van der Waals surface area contributed by atoms with E-state index in [1.165, 1.54) is 0 Å². The van der Waals surface area contributed by atoms with Crippen LogP contribution >= 0.6 is 11.6 Å². The number of rotatable bonds is 5. The van der Waals surface area contributed by atoms with Gasteiger partial charge in [0, 0.05) is 18.0 Å². The molecule has 0 amide bonds. The van der Waals surface area contributed by atoms with Crippen LogP contribution in [0.4, 0.5) is 0 Å². The van der Waals surface area contributed by atoms with Crippen LogP contribution in [-0.4, -0.2) is 16.0 Å². The van der Waals surface area contributed by atoms with Crippen molar-refractivity contribution in [3.05, 3.63) is 53.8 Å². The van der Waals surface area contributed by atoms with Gasteiger partial charge in [-0.25, -0.2) is 4.98 Å². The quantitative estimate of drug-likeness (QED) is 0.631. The van der Waals surface area contributed by atoms with E-state index in [4.69, 9.17) is 16.3 Å². The SMILES string of the molecule is CCCCOc1ccc(-c2cn3cc(Cl)ccc3n2)cc1. The number of ether oxygens (including phenoxy) is 1. The van der Waals surface area contributed by atoms with Gasteiger partial charge in [0.2, 0.25) is 0 Å². The van der Waals surface area contributed by atoms with E-state index in [1.54, 1.807) is 0 Å². The molecule has 0 aliphatic carbocycles. The Balaban J connectivity index is 1.81.